The van der Waals surface area contributed by atoms with Crippen LogP contribution >= 0.6 is 11.8 Å². The summed E-state index contributed by atoms with van der Waals surface area (Å²) in [7, 11) is 3.38. The standard InChI is InChI=1S/C24H28N6O3S/c1-27-15-25-20-19(27)22(32)29(24(33)28(20)2)13-8-14-34-23-26-18-12-7-6-11-17(18)21(31)30(23)16-9-4-3-5-10-16/h6-7,11-12,15-16H,3-5,8-10,13-14H2,1-2H3. The molecule has 1 aliphatic carbocycles. The van der Waals surface area contributed by atoms with Gasteiger partial charge in [0.25, 0.3) is 11.1 Å². The summed E-state index contributed by atoms with van der Waals surface area (Å²) >= 11 is 1.52. The van der Waals surface area contributed by atoms with Crippen LogP contribution in [-0.4, -0.2) is 34.0 Å². The molecule has 1 saturated carbocycles. The second-order valence-corrected chi connectivity index (χ2v) is 9.97. The molecular weight excluding hydrogens is 452 g/mol. The van der Waals surface area contributed by atoms with Crippen LogP contribution in [0.5, 0.6) is 0 Å². The number of nitrogens with zero attached hydrogens (tertiary/aromatic N) is 6. The first-order valence-corrected chi connectivity index (χ1v) is 12.7. The van der Waals surface area contributed by atoms with Crippen molar-refractivity contribution in [3.63, 3.8) is 0 Å². The number of aryl methyl sites for hydroxylation is 2. The molecule has 5 rings (SSSR count). The van der Waals surface area contributed by atoms with Gasteiger partial charge in [0.05, 0.1) is 17.2 Å². The Hall–Kier alpha value is -3.14. The first-order chi connectivity index (χ1) is 16.5. The zero-order valence-corrected chi connectivity index (χ0v) is 20.3. The van der Waals surface area contributed by atoms with Gasteiger partial charge >= 0.3 is 5.69 Å². The number of para-hydroxylation sites is 1. The number of aromatic nitrogens is 6. The van der Waals surface area contributed by atoms with Gasteiger partial charge in [-0.05, 0) is 31.4 Å². The molecule has 0 atom stereocenters. The molecule has 34 heavy (non-hydrogen) atoms. The van der Waals surface area contributed by atoms with Crippen molar-refractivity contribution in [3.8, 4) is 0 Å². The van der Waals surface area contributed by atoms with Crippen LogP contribution in [0.2, 0.25) is 0 Å². The Balaban J connectivity index is 1.41. The van der Waals surface area contributed by atoms with Gasteiger partial charge in [-0.1, -0.05) is 43.2 Å². The number of imidazole rings is 1. The van der Waals surface area contributed by atoms with Crippen LogP contribution in [-0.2, 0) is 20.6 Å². The minimum absolute atomic E-state index is 0.0201. The molecule has 178 valence electrons. The quantitative estimate of drug-likeness (QED) is 0.239. The number of rotatable bonds is 6. The molecule has 4 aromatic rings. The second-order valence-electron chi connectivity index (χ2n) is 8.91. The zero-order valence-electron chi connectivity index (χ0n) is 19.4. The highest BCUT2D eigenvalue weighted by Crippen LogP contribution is 2.31. The van der Waals surface area contributed by atoms with Crippen molar-refractivity contribution in [2.75, 3.05) is 5.75 Å². The van der Waals surface area contributed by atoms with E-state index in [1.807, 2.05) is 28.8 Å². The molecule has 0 bridgehead atoms. The van der Waals surface area contributed by atoms with Crippen molar-refractivity contribution < 1.29 is 0 Å². The lowest BCUT2D eigenvalue weighted by atomic mass is 9.95. The Morgan fingerprint density at radius 3 is 2.59 bits per heavy atom. The van der Waals surface area contributed by atoms with E-state index in [0.717, 1.165) is 30.8 Å². The third-order valence-electron chi connectivity index (χ3n) is 6.67. The molecule has 1 aliphatic rings. The Morgan fingerprint density at radius 2 is 1.79 bits per heavy atom. The predicted molar refractivity (Wildman–Crippen MR) is 134 cm³/mol. The van der Waals surface area contributed by atoms with Gasteiger partial charge in [0, 0.05) is 32.4 Å². The summed E-state index contributed by atoms with van der Waals surface area (Å²) in [6.45, 7) is 0.293. The molecule has 0 amide bonds. The summed E-state index contributed by atoms with van der Waals surface area (Å²) < 4.78 is 6.21. The smallest absolute Gasteiger partial charge is 0.328 e. The molecule has 10 heteroatoms. The van der Waals surface area contributed by atoms with E-state index >= 15 is 0 Å². The van der Waals surface area contributed by atoms with Crippen molar-refractivity contribution in [3.05, 3.63) is 61.8 Å². The highest BCUT2D eigenvalue weighted by Gasteiger charge is 2.22. The lowest BCUT2D eigenvalue weighted by Gasteiger charge is -2.26. The van der Waals surface area contributed by atoms with Gasteiger partial charge < -0.3 is 4.57 Å². The summed E-state index contributed by atoms with van der Waals surface area (Å²) in [6.07, 6.45) is 7.57. The summed E-state index contributed by atoms with van der Waals surface area (Å²) in [6, 6.07) is 7.65. The third kappa shape index (κ3) is 3.89. The maximum absolute atomic E-state index is 13.4. The highest BCUT2D eigenvalue weighted by atomic mass is 32.2. The minimum atomic E-state index is -0.371. The molecule has 9 nitrogen and oxygen atoms in total. The molecule has 0 spiro atoms. The maximum Gasteiger partial charge on any atom is 0.332 e. The van der Waals surface area contributed by atoms with Gasteiger partial charge in [-0.25, -0.2) is 14.8 Å². The van der Waals surface area contributed by atoms with Gasteiger partial charge in [0.15, 0.2) is 16.3 Å². The average molecular weight is 481 g/mol. The molecule has 1 fully saturated rings. The fraction of sp³-hybridized carbons (Fsp3) is 0.458. The summed E-state index contributed by atoms with van der Waals surface area (Å²) in [5, 5.41) is 1.37. The van der Waals surface area contributed by atoms with Gasteiger partial charge in [-0.15, -0.1) is 0 Å². The van der Waals surface area contributed by atoms with Crippen molar-refractivity contribution >= 4 is 33.8 Å². The van der Waals surface area contributed by atoms with E-state index in [1.165, 1.54) is 27.3 Å². The molecule has 0 aliphatic heterocycles. The Labute approximate surface area is 200 Å². The Bertz CT molecular complexity index is 1540. The average Bonchev–Trinajstić information content (AvgIpc) is 3.24. The molecule has 0 N–H and O–H groups in total. The van der Waals surface area contributed by atoms with Crippen molar-refractivity contribution in [2.24, 2.45) is 14.1 Å². The molecule has 0 unspecified atom stereocenters. The molecule has 3 heterocycles. The minimum Gasteiger partial charge on any atom is -0.328 e. The maximum atomic E-state index is 13.4. The lowest BCUT2D eigenvalue weighted by molar-refractivity contribution is 0.326. The monoisotopic (exact) mass is 480 g/mol. The third-order valence-corrected chi connectivity index (χ3v) is 7.71. The zero-order chi connectivity index (χ0) is 23.8. The number of benzene rings is 1. The molecule has 0 saturated heterocycles. The van der Waals surface area contributed by atoms with Crippen molar-refractivity contribution in [1.29, 1.82) is 0 Å². The number of thioether (sulfide) groups is 1. The fourth-order valence-corrected chi connectivity index (χ4v) is 5.86. The van der Waals surface area contributed by atoms with E-state index < -0.39 is 0 Å². The van der Waals surface area contributed by atoms with E-state index in [0.29, 0.717) is 40.8 Å². The molecule has 1 aromatic carbocycles. The molecular formula is C24H28N6O3S. The van der Waals surface area contributed by atoms with E-state index in [2.05, 4.69) is 4.98 Å². The molecule has 3 aromatic heterocycles. The van der Waals surface area contributed by atoms with Crippen molar-refractivity contribution in [1.82, 2.24) is 28.2 Å². The Morgan fingerprint density at radius 1 is 1.03 bits per heavy atom. The SMILES string of the molecule is Cn1cnc2c1c(=O)n(CCCSc1nc3ccccc3c(=O)n1C1CCCCC1)c(=O)n2C. The van der Waals surface area contributed by atoms with E-state index in [4.69, 9.17) is 4.98 Å². The van der Waals surface area contributed by atoms with Crippen LogP contribution in [0.3, 0.4) is 0 Å². The van der Waals surface area contributed by atoms with Crippen LogP contribution in [0.4, 0.5) is 0 Å². The first-order valence-electron chi connectivity index (χ1n) is 11.7. The number of fused-ring (bicyclic) bond motifs is 2. The number of hydrogen-bond donors (Lipinski definition) is 0. The second kappa shape index (κ2) is 9.25. The highest BCUT2D eigenvalue weighted by molar-refractivity contribution is 7.99. The van der Waals surface area contributed by atoms with E-state index in [1.54, 1.807) is 25.0 Å². The van der Waals surface area contributed by atoms with Gasteiger partial charge in [0.2, 0.25) is 0 Å². The lowest BCUT2D eigenvalue weighted by Crippen LogP contribution is -2.39. The fourth-order valence-electron chi connectivity index (χ4n) is 4.87. The van der Waals surface area contributed by atoms with Crippen LogP contribution in [0.15, 0.2) is 50.1 Å². The summed E-state index contributed by atoms with van der Waals surface area (Å²) in [5.74, 6) is 0.635. The van der Waals surface area contributed by atoms with Crippen LogP contribution in [0, 0.1) is 0 Å². The number of hydrogen-bond acceptors (Lipinski definition) is 6. The largest absolute Gasteiger partial charge is 0.332 e. The van der Waals surface area contributed by atoms with E-state index in [9.17, 15) is 14.4 Å². The van der Waals surface area contributed by atoms with Crippen LogP contribution < -0.4 is 16.8 Å². The van der Waals surface area contributed by atoms with Gasteiger partial charge in [-0.3, -0.25) is 23.3 Å². The van der Waals surface area contributed by atoms with Crippen molar-refractivity contribution in [2.45, 2.75) is 56.3 Å². The van der Waals surface area contributed by atoms with E-state index in [-0.39, 0.29) is 22.9 Å². The Kier molecular flexibility index (Phi) is 6.16. The summed E-state index contributed by atoms with van der Waals surface area (Å²) in [5.41, 5.74) is 0.827. The van der Waals surface area contributed by atoms with Crippen LogP contribution in [0.25, 0.3) is 22.1 Å². The normalized spacial score (nSPS) is 14.9. The topological polar surface area (TPSA) is 96.7 Å². The van der Waals surface area contributed by atoms with Gasteiger partial charge in [-0.2, -0.15) is 0 Å². The molecule has 0 radical (unpaired) electrons. The summed E-state index contributed by atoms with van der Waals surface area (Å²) in [4.78, 5) is 48.0. The first kappa shape index (κ1) is 22.6. The predicted octanol–water partition coefficient (Wildman–Crippen LogP) is 2.83. The van der Waals surface area contributed by atoms with Crippen LogP contribution in [0.1, 0.15) is 44.6 Å². The van der Waals surface area contributed by atoms with Gasteiger partial charge in [0.1, 0.15) is 0 Å².